The Hall–Kier alpha value is -2.93. The summed E-state index contributed by atoms with van der Waals surface area (Å²) in [5.41, 5.74) is 1.61. The van der Waals surface area contributed by atoms with Gasteiger partial charge in [0.1, 0.15) is 5.75 Å². The van der Waals surface area contributed by atoms with E-state index in [1.807, 2.05) is 18.2 Å². The van der Waals surface area contributed by atoms with Crippen molar-refractivity contribution in [2.45, 2.75) is 12.8 Å². The number of phenolic OH excluding ortho intramolecular Hbond substituents is 1. The normalized spacial score (nSPS) is 14.5. The maximum absolute atomic E-state index is 12.1. The summed E-state index contributed by atoms with van der Waals surface area (Å²) < 4.78 is 0. The third-order valence-electron chi connectivity index (χ3n) is 5.01. The summed E-state index contributed by atoms with van der Waals surface area (Å²) in [4.78, 5) is 20.8. The number of phenols is 1. The Morgan fingerprint density at radius 1 is 1.10 bits per heavy atom. The fourth-order valence-corrected chi connectivity index (χ4v) is 3.55. The summed E-state index contributed by atoms with van der Waals surface area (Å²) in [6.45, 7) is 3.90. The highest BCUT2D eigenvalue weighted by Crippen LogP contribution is 2.27. The molecule has 0 radical (unpaired) electrons. The van der Waals surface area contributed by atoms with E-state index in [1.165, 1.54) is 0 Å². The van der Waals surface area contributed by atoms with E-state index < -0.39 is 0 Å². The summed E-state index contributed by atoms with van der Waals surface area (Å²) >= 11 is 5.85. The molecule has 0 unspecified atom stereocenters. The van der Waals surface area contributed by atoms with Crippen LogP contribution < -0.4 is 15.5 Å². The van der Waals surface area contributed by atoms with E-state index in [9.17, 15) is 9.90 Å². The predicted molar refractivity (Wildman–Crippen MR) is 123 cm³/mol. The Kier molecular flexibility index (Phi) is 7.79. The smallest absolute Gasteiger partial charge is 0.224 e. The minimum Gasteiger partial charge on any atom is -0.506 e. The number of para-hydroxylation sites is 2. The van der Waals surface area contributed by atoms with Crippen molar-refractivity contribution >= 4 is 34.8 Å². The van der Waals surface area contributed by atoms with Crippen LogP contribution in [0.25, 0.3) is 0 Å². The van der Waals surface area contributed by atoms with Crippen LogP contribution in [0.1, 0.15) is 12.8 Å². The van der Waals surface area contributed by atoms with E-state index in [4.69, 9.17) is 11.6 Å². The van der Waals surface area contributed by atoms with E-state index in [1.54, 1.807) is 37.4 Å². The van der Waals surface area contributed by atoms with Crippen molar-refractivity contribution in [1.82, 2.24) is 10.2 Å². The minimum atomic E-state index is -0.0228. The number of piperazine rings is 1. The van der Waals surface area contributed by atoms with Crippen LogP contribution >= 0.6 is 11.6 Å². The molecule has 2 aromatic carbocycles. The number of hydrogen-bond acceptors (Lipinski definition) is 4. The number of nitrogens with zero attached hydrogens (tertiary/aromatic N) is 3. The molecule has 3 rings (SSSR count). The molecule has 0 bridgehead atoms. The van der Waals surface area contributed by atoms with Crippen molar-refractivity contribution in [3.63, 3.8) is 0 Å². The maximum Gasteiger partial charge on any atom is 0.224 e. The number of hydrogen-bond donors (Lipinski definition) is 3. The molecule has 1 fully saturated rings. The molecule has 0 saturated carbocycles. The first-order valence-electron chi connectivity index (χ1n) is 10.1. The Morgan fingerprint density at radius 3 is 2.47 bits per heavy atom. The fourth-order valence-electron chi connectivity index (χ4n) is 3.43. The largest absolute Gasteiger partial charge is 0.506 e. The van der Waals surface area contributed by atoms with Crippen LogP contribution in [-0.2, 0) is 4.79 Å². The zero-order valence-corrected chi connectivity index (χ0v) is 17.9. The third kappa shape index (κ3) is 6.03. The SMILES string of the molecule is CN=C(NCCCC(=O)Nc1ccc(Cl)cc1)N1CCN(c2ccccc2O)CC1. The van der Waals surface area contributed by atoms with Crippen molar-refractivity contribution in [2.24, 2.45) is 4.99 Å². The number of carbonyl (C=O) groups excluding carboxylic acids is 1. The van der Waals surface area contributed by atoms with Gasteiger partial charge >= 0.3 is 0 Å². The average molecular weight is 430 g/mol. The van der Waals surface area contributed by atoms with E-state index in [-0.39, 0.29) is 5.91 Å². The highest BCUT2D eigenvalue weighted by Gasteiger charge is 2.21. The molecule has 1 aliphatic heterocycles. The number of guanidine groups is 1. The molecule has 1 aliphatic rings. The zero-order valence-electron chi connectivity index (χ0n) is 17.1. The standard InChI is InChI=1S/C22H28ClN5O2/c1-24-22(25-12-4-7-21(30)26-18-10-8-17(23)9-11-18)28-15-13-27(14-16-28)19-5-2-3-6-20(19)29/h2-3,5-6,8-11,29H,4,7,12-16H2,1H3,(H,24,25)(H,26,30). The first-order chi connectivity index (χ1) is 14.6. The van der Waals surface area contributed by atoms with Gasteiger partial charge in [0, 0.05) is 56.9 Å². The second-order valence-corrected chi connectivity index (χ2v) is 7.53. The van der Waals surface area contributed by atoms with Crippen LogP contribution in [0, 0.1) is 0 Å². The second kappa shape index (κ2) is 10.7. The first kappa shape index (κ1) is 21.8. The number of rotatable bonds is 6. The fraction of sp³-hybridized carbons (Fsp3) is 0.364. The van der Waals surface area contributed by atoms with Crippen molar-refractivity contribution in [1.29, 1.82) is 0 Å². The number of aromatic hydroxyl groups is 1. The predicted octanol–water partition coefficient (Wildman–Crippen LogP) is 3.16. The lowest BCUT2D eigenvalue weighted by molar-refractivity contribution is -0.116. The van der Waals surface area contributed by atoms with Gasteiger partial charge in [-0.05, 0) is 42.8 Å². The van der Waals surface area contributed by atoms with E-state index in [0.717, 1.165) is 43.5 Å². The Bertz CT molecular complexity index is 864. The van der Waals surface area contributed by atoms with Gasteiger partial charge in [-0.1, -0.05) is 23.7 Å². The Balaban J connectivity index is 1.38. The average Bonchev–Trinajstić information content (AvgIpc) is 2.76. The molecule has 0 aromatic heterocycles. The van der Waals surface area contributed by atoms with Crippen LogP contribution in [0.15, 0.2) is 53.5 Å². The van der Waals surface area contributed by atoms with Crippen molar-refractivity contribution in [3.05, 3.63) is 53.6 Å². The number of anilines is 2. The summed E-state index contributed by atoms with van der Waals surface area (Å²) in [6, 6.07) is 14.5. The van der Waals surface area contributed by atoms with Crippen molar-refractivity contribution in [3.8, 4) is 5.75 Å². The molecular formula is C22H28ClN5O2. The molecule has 160 valence electrons. The van der Waals surface area contributed by atoms with E-state index in [2.05, 4.69) is 25.4 Å². The molecule has 2 aromatic rings. The van der Waals surface area contributed by atoms with Crippen LogP contribution in [0.3, 0.4) is 0 Å². The zero-order chi connectivity index (χ0) is 21.3. The molecule has 8 heteroatoms. The topological polar surface area (TPSA) is 80.2 Å². The molecule has 0 spiro atoms. The van der Waals surface area contributed by atoms with Gasteiger partial charge in [0.15, 0.2) is 5.96 Å². The quantitative estimate of drug-likeness (QED) is 0.373. The summed E-state index contributed by atoms with van der Waals surface area (Å²) in [5.74, 6) is 1.13. The van der Waals surface area contributed by atoms with Gasteiger partial charge < -0.3 is 25.5 Å². The lowest BCUT2D eigenvalue weighted by Gasteiger charge is -2.37. The van der Waals surface area contributed by atoms with Crippen LogP contribution in [0.2, 0.25) is 5.02 Å². The molecule has 1 heterocycles. The lowest BCUT2D eigenvalue weighted by atomic mass is 10.2. The lowest BCUT2D eigenvalue weighted by Crippen LogP contribution is -2.52. The van der Waals surface area contributed by atoms with Gasteiger partial charge in [0.25, 0.3) is 0 Å². The van der Waals surface area contributed by atoms with Crippen LogP contribution in [-0.4, -0.2) is 61.6 Å². The number of nitrogens with one attached hydrogen (secondary N) is 2. The number of aliphatic imine (C=N–C) groups is 1. The highest BCUT2D eigenvalue weighted by molar-refractivity contribution is 6.30. The number of amides is 1. The van der Waals surface area contributed by atoms with Gasteiger partial charge in [-0.3, -0.25) is 9.79 Å². The van der Waals surface area contributed by atoms with Gasteiger partial charge in [-0.2, -0.15) is 0 Å². The second-order valence-electron chi connectivity index (χ2n) is 7.10. The van der Waals surface area contributed by atoms with Crippen LogP contribution in [0.5, 0.6) is 5.75 Å². The van der Waals surface area contributed by atoms with Crippen molar-refractivity contribution < 1.29 is 9.90 Å². The Labute approximate surface area is 182 Å². The van der Waals surface area contributed by atoms with Gasteiger partial charge in [0.2, 0.25) is 5.91 Å². The van der Waals surface area contributed by atoms with E-state index in [0.29, 0.717) is 30.2 Å². The molecule has 1 saturated heterocycles. The molecule has 1 amide bonds. The third-order valence-corrected chi connectivity index (χ3v) is 5.26. The highest BCUT2D eigenvalue weighted by atomic mass is 35.5. The van der Waals surface area contributed by atoms with Crippen molar-refractivity contribution in [2.75, 3.05) is 50.0 Å². The first-order valence-corrected chi connectivity index (χ1v) is 10.5. The Morgan fingerprint density at radius 2 is 1.80 bits per heavy atom. The molecule has 0 atom stereocenters. The van der Waals surface area contributed by atoms with Crippen LogP contribution in [0.4, 0.5) is 11.4 Å². The number of carbonyl (C=O) groups is 1. The summed E-state index contributed by atoms with van der Waals surface area (Å²) in [5, 5.41) is 16.9. The monoisotopic (exact) mass is 429 g/mol. The summed E-state index contributed by atoms with van der Waals surface area (Å²) in [6.07, 6.45) is 1.13. The molecular weight excluding hydrogens is 402 g/mol. The molecule has 0 aliphatic carbocycles. The molecule has 7 nitrogen and oxygen atoms in total. The molecule has 30 heavy (non-hydrogen) atoms. The van der Waals surface area contributed by atoms with Gasteiger partial charge in [-0.25, -0.2) is 0 Å². The van der Waals surface area contributed by atoms with Gasteiger partial charge in [-0.15, -0.1) is 0 Å². The maximum atomic E-state index is 12.1. The van der Waals surface area contributed by atoms with E-state index >= 15 is 0 Å². The number of halogens is 1. The van der Waals surface area contributed by atoms with Gasteiger partial charge in [0.05, 0.1) is 5.69 Å². The summed E-state index contributed by atoms with van der Waals surface area (Å²) in [7, 11) is 1.77. The minimum absolute atomic E-state index is 0.0228. The molecule has 3 N–H and O–H groups in total. The number of benzene rings is 2.